The minimum Gasteiger partial charge on any atom is -0.507 e. The van der Waals surface area contributed by atoms with Crippen LogP contribution in [-0.2, 0) is 27.4 Å². The van der Waals surface area contributed by atoms with Crippen LogP contribution in [0.5, 0.6) is 5.75 Å². The van der Waals surface area contributed by atoms with Crippen molar-refractivity contribution >= 4 is 26.8 Å². The number of rotatable bonds is 8. The van der Waals surface area contributed by atoms with Crippen molar-refractivity contribution in [1.82, 2.24) is 14.7 Å². The van der Waals surface area contributed by atoms with E-state index in [9.17, 15) is 31.5 Å². The Morgan fingerprint density at radius 3 is 2.58 bits per heavy atom. The van der Waals surface area contributed by atoms with Gasteiger partial charge in [-0.2, -0.15) is 17.9 Å². The van der Waals surface area contributed by atoms with Gasteiger partial charge in [-0.3, -0.25) is 14.8 Å². The van der Waals surface area contributed by atoms with E-state index in [1.807, 2.05) is 0 Å². The number of nitrogens with zero attached hydrogens (tertiary/aromatic N) is 2. The topological polar surface area (TPSA) is 122 Å². The van der Waals surface area contributed by atoms with Gasteiger partial charge in [0.05, 0.1) is 17.3 Å². The van der Waals surface area contributed by atoms with Gasteiger partial charge in [0.2, 0.25) is 5.09 Å². The summed E-state index contributed by atoms with van der Waals surface area (Å²) in [5.41, 5.74) is 0.383. The van der Waals surface area contributed by atoms with Crippen molar-refractivity contribution in [2.24, 2.45) is 0 Å². The molecule has 0 amide bonds. The largest absolute Gasteiger partial charge is 0.507 e. The Morgan fingerprint density at radius 2 is 1.92 bits per heavy atom. The van der Waals surface area contributed by atoms with E-state index < -0.39 is 33.6 Å². The van der Waals surface area contributed by atoms with Crippen LogP contribution in [0.25, 0.3) is 22.2 Å². The van der Waals surface area contributed by atoms with Gasteiger partial charge in [-0.05, 0) is 49.2 Å². The molecule has 3 aromatic heterocycles. The number of Topliss-reactive ketones (excluding diaryl/α,β-unsaturated/α-hetero) is 1. The molecule has 1 atom stereocenters. The average Bonchev–Trinajstić information content (AvgIpc) is 3.28. The molecule has 0 aliphatic carbocycles. The molecule has 0 unspecified atom stereocenters. The molecule has 12 heteroatoms. The number of ketones is 1. The molecule has 0 bridgehead atoms. The molecule has 2 N–H and O–H groups in total. The van der Waals surface area contributed by atoms with E-state index in [2.05, 4.69) is 14.7 Å². The fourth-order valence-corrected chi connectivity index (χ4v) is 4.69. The number of carbonyl (C=O) groups is 1. The van der Waals surface area contributed by atoms with Crippen LogP contribution in [0, 0.1) is 0 Å². The first-order valence-electron chi connectivity index (χ1n) is 10.7. The molecule has 188 valence electrons. The highest BCUT2D eigenvalue weighted by atomic mass is 32.2. The number of halogens is 3. The highest BCUT2D eigenvalue weighted by Gasteiger charge is 2.31. The molecule has 0 saturated heterocycles. The lowest BCUT2D eigenvalue weighted by Crippen LogP contribution is -2.38. The number of alkyl halides is 3. The molecule has 3 heterocycles. The fourth-order valence-electron chi connectivity index (χ4n) is 3.50. The predicted molar refractivity (Wildman–Crippen MR) is 123 cm³/mol. The van der Waals surface area contributed by atoms with E-state index >= 15 is 0 Å². The lowest BCUT2D eigenvalue weighted by Gasteiger charge is -2.13. The number of phenols is 1. The predicted octanol–water partition coefficient (Wildman–Crippen LogP) is 4.48. The van der Waals surface area contributed by atoms with Crippen LogP contribution in [0.4, 0.5) is 13.2 Å². The van der Waals surface area contributed by atoms with Gasteiger partial charge in [0.25, 0.3) is 10.0 Å². The lowest BCUT2D eigenvalue weighted by atomic mass is 10.0. The third-order valence-corrected chi connectivity index (χ3v) is 6.86. The molecule has 0 aliphatic heterocycles. The first kappa shape index (κ1) is 25.3. The Hall–Kier alpha value is -3.77. The fraction of sp³-hybridized carbons (Fsp3) is 0.208. The summed E-state index contributed by atoms with van der Waals surface area (Å²) in [7, 11) is -4.10. The SMILES string of the molecule is C[C@H](NS(=O)(=O)c1cc2cnccc2o1)C(=O)CCc1ccc(O)c(-c2ccc(C(F)(F)F)cn2)c1. The van der Waals surface area contributed by atoms with Gasteiger partial charge in [-0.15, -0.1) is 0 Å². The number of benzene rings is 1. The number of aryl methyl sites for hydroxylation is 1. The Kier molecular flexibility index (Phi) is 6.83. The van der Waals surface area contributed by atoms with E-state index in [1.54, 1.807) is 6.07 Å². The number of sulfonamides is 1. The normalized spacial score (nSPS) is 13.1. The third kappa shape index (κ3) is 5.55. The Labute approximate surface area is 203 Å². The number of aromatic nitrogens is 2. The van der Waals surface area contributed by atoms with Crippen molar-refractivity contribution in [3.8, 4) is 17.0 Å². The number of hydrogen-bond acceptors (Lipinski definition) is 7. The molecular weight excluding hydrogens is 499 g/mol. The van der Waals surface area contributed by atoms with Crippen molar-refractivity contribution in [1.29, 1.82) is 0 Å². The van der Waals surface area contributed by atoms with E-state index in [1.165, 1.54) is 43.6 Å². The second kappa shape index (κ2) is 9.70. The number of pyridine rings is 2. The van der Waals surface area contributed by atoms with Gasteiger partial charge in [-0.25, -0.2) is 8.42 Å². The molecule has 0 saturated carbocycles. The van der Waals surface area contributed by atoms with Crippen molar-refractivity contribution in [3.63, 3.8) is 0 Å². The molecule has 1 aromatic carbocycles. The number of fused-ring (bicyclic) bond motifs is 1. The van der Waals surface area contributed by atoms with Gasteiger partial charge in [0.1, 0.15) is 11.3 Å². The lowest BCUT2D eigenvalue weighted by molar-refractivity contribution is -0.137. The van der Waals surface area contributed by atoms with Crippen molar-refractivity contribution < 1.29 is 35.9 Å². The van der Waals surface area contributed by atoms with Crippen LogP contribution in [0.3, 0.4) is 0 Å². The molecule has 0 spiro atoms. The van der Waals surface area contributed by atoms with Crippen molar-refractivity contribution in [2.45, 2.75) is 37.1 Å². The second-order valence-electron chi connectivity index (χ2n) is 8.07. The maximum absolute atomic E-state index is 12.8. The summed E-state index contributed by atoms with van der Waals surface area (Å²) in [6.07, 6.45) is -0.761. The number of phenolic OH excluding ortho intramolecular Hbond substituents is 1. The molecule has 4 aromatic rings. The van der Waals surface area contributed by atoms with Crippen LogP contribution >= 0.6 is 0 Å². The van der Waals surface area contributed by atoms with Crippen LogP contribution in [0.2, 0.25) is 0 Å². The number of hydrogen-bond donors (Lipinski definition) is 2. The zero-order valence-corrected chi connectivity index (χ0v) is 19.6. The number of carbonyl (C=O) groups excluding carboxylic acids is 1. The monoisotopic (exact) mass is 519 g/mol. The Balaban J connectivity index is 1.42. The first-order valence-corrected chi connectivity index (χ1v) is 12.2. The summed E-state index contributed by atoms with van der Waals surface area (Å²) in [5.74, 6) is -0.571. The van der Waals surface area contributed by atoms with Gasteiger partial charge in [0, 0.05) is 42.0 Å². The maximum atomic E-state index is 12.8. The first-order chi connectivity index (χ1) is 16.9. The summed E-state index contributed by atoms with van der Waals surface area (Å²) in [6, 6.07) is 8.25. The molecule has 4 rings (SSSR count). The van der Waals surface area contributed by atoms with Crippen LogP contribution in [0.1, 0.15) is 24.5 Å². The smallest absolute Gasteiger partial charge is 0.417 e. The van der Waals surface area contributed by atoms with Gasteiger partial charge >= 0.3 is 6.18 Å². The minimum absolute atomic E-state index is 0.0294. The van der Waals surface area contributed by atoms with Crippen molar-refractivity contribution in [2.75, 3.05) is 0 Å². The second-order valence-corrected chi connectivity index (χ2v) is 9.71. The zero-order valence-electron chi connectivity index (χ0n) is 18.8. The summed E-state index contributed by atoms with van der Waals surface area (Å²) >= 11 is 0. The average molecular weight is 520 g/mol. The summed E-state index contributed by atoms with van der Waals surface area (Å²) in [5, 5.41) is 10.3. The highest BCUT2D eigenvalue weighted by molar-refractivity contribution is 7.89. The van der Waals surface area contributed by atoms with Crippen LogP contribution in [-0.4, -0.2) is 35.3 Å². The van der Waals surface area contributed by atoms with Crippen molar-refractivity contribution in [3.05, 3.63) is 72.2 Å². The summed E-state index contributed by atoms with van der Waals surface area (Å²) in [6.45, 7) is 1.42. The molecule has 0 aliphatic rings. The highest BCUT2D eigenvalue weighted by Crippen LogP contribution is 2.33. The van der Waals surface area contributed by atoms with E-state index in [-0.39, 0.29) is 34.9 Å². The van der Waals surface area contributed by atoms with E-state index in [4.69, 9.17) is 4.42 Å². The summed E-state index contributed by atoms with van der Waals surface area (Å²) in [4.78, 5) is 20.3. The standard InChI is InChI=1S/C24H20F3N3O5S/c1-14(30-36(33,34)23-11-16-12-28-9-8-22(16)35-23)20(31)6-2-15-3-7-21(32)18(10-15)19-5-4-17(13-29-19)24(25,26)27/h3-5,7-14,30,32H,2,6H2,1H3/t14-/m0/s1. The molecule has 0 radical (unpaired) electrons. The number of nitrogens with one attached hydrogen (secondary N) is 1. The molecule has 0 fully saturated rings. The summed E-state index contributed by atoms with van der Waals surface area (Å²) < 4.78 is 71.3. The zero-order chi connectivity index (χ0) is 26.1. The third-order valence-electron chi connectivity index (χ3n) is 5.46. The number of aromatic hydroxyl groups is 1. The maximum Gasteiger partial charge on any atom is 0.417 e. The molecular formula is C24H20F3N3O5S. The Bertz CT molecular complexity index is 1480. The van der Waals surface area contributed by atoms with Gasteiger partial charge in [0.15, 0.2) is 5.78 Å². The Morgan fingerprint density at radius 1 is 1.14 bits per heavy atom. The van der Waals surface area contributed by atoms with Crippen LogP contribution in [0.15, 0.2) is 70.6 Å². The molecule has 8 nitrogen and oxygen atoms in total. The molecule has 36 heavy (non-hydrogen) atoms. The van der Waals surface area contributed by atoms with E-state index in [0.29, 0.717) is 22.7 Å². The van der Waals surface area contributed by atoms with Gasteiger partial charge in [-0.1, -0.05) is 6.07 Å². The van der Waals surface area contributed by atoms with Crippen LogP contribution < -0.4 is 4.72 Å². The quantitative estimate of drug-likeness (QED) is 0.352. The number of furan rings is 1. The van der Waals surface area contributed by atoms with E-state index in [0.717, 1.165) is 12.1 Å². The minimum atomic E-state index is -4.53. The van der Waals surface area contributed by atoms with Gasteiger partial charge < -0.3 is 9.52 Å².